The molecule has 1 N–H and O–H groups in total. The minimum absolute atomic E-state index is 0.135. The normalized spacial score (nSPS) is 21.1. The third-order valence-corrected chi connectivity index (χ3v) is 6.72. The van der Waals surface area contributed by atoms with E-state index in [2.05, 4.69) is 17.3 Å². The lowest BCUT2D eigenvalue weighted by molar-refractivity contribution is -0.127. The van der Waals surface area contributed by atoms with Crippen molar-refractivity contribution in [3.05, 3.63) is 60.0 Å². The Kier molecular flexibility index (Phi) is 5.12. The molecule has 0 saturated heterocycles. The van der Waals surface area contributed by atoms with Crippen LogP contribution in [-0.2, 0) is 17.8 Å². The fourth-order valence-electron chi connectivity index (χ4n) is 4.94. The Morgan fingerprint density at radius 1 is 1.22 bits per heavy atom. The van der Waals surface area contributed by atoms with E-state index in [1.54, 1.807) is 28.0 Å². The number of hydrogen-bond donors (Lipinski definition) is 1. The second-order valence-electron chi connectivity index (χ2n) is 8.90. The summed E-state index contributed by atoms with van der Waals surface area (Å²) < 4.78 is 7.14. The Morgan fingerprint density at radius 3 is 2.72 bits per heavy atom. The number of nitrogens with one attached hydrogen (secondary N) is 1. The molecule has 5 rings (SSSR count). The second kappa shape index (κ2) is 7.97. The van der Waals surface area contributed by atoms with Crippen molar-refractivity contribution in [3.63, 3.8) is 0 Å². The molecule has 3 heterocycles. The van der Waals surface area contributed by atoms with Crippen molar-refractivity contribution in [2.45, 2.75) is 64.1 Å². The number of aromatic nitrogens is 2. The highest BCUT2D eigenvalue weighted by Crippen LogP contribution is 2.36. The van der Waals surface area contributed by atoms with Crippen LogP contribution in [0.3, 0.4) is 0 Å². The SMILES string of the molecule is CCc1ccccc1N1C(=O)c2cc(-c3ccco3)nn2C[C@]1(C)C(=O)NC1CCCC1. The first-order valence-corrected chi connectivity index (χ1v) is 11.4. The fourth-order valence-corrected chi connectivity index (χ4v) is 4.94. The molecule has 0 spiro atoms. The van der Waals surface area contributed by atoms with E-state index in [1.165, 1.54) is 0 Å². The van der Waals surface area contributed by atoms with E-state index in [0.717, 1.165) is 43.4 Å². The van der Waals surface area contributed by atoms with Gasteiger partial charge in [0.15, 0.2) is 5.76 Å². The molecule has 1 aliphatic carbocycles. The number of nitrogens with zero attached hydrogens (tertiary/aromatic N) is 3. The molecule has 7 nitrogen and oxygen atoms in total. The second-order valence-corrected chi connectivity index (χ2v) is 8.90. The van der Waals surface area contributed by atoms with E-state index in [0.29, 0.717) is 17.1 Å². The summed E-state index contributed by atoms with van der Waals surface area (Å²) >= 11 is 0. The van der Waals surface area contributed by atoms with Gasteiger partial charge in [0, 0.05) is 17.8 Å². The number of carbonyl (C=O) groups is 2. The Morgan fingerprint density at radius 2 is 2.00 bits per heavy atom. The molecule has 3 aromatic rings. The number of aryl methyl sites for hydroxylation is 1. The molecule has 1 atom stereocenters. The number of anilines is 1. The number of para-hydroxylation sites is 1. The summed E-state index contributed by atoms with van der Waals surface area (Å²) in [6.45, 7) is 4.17. The summed E-state index contributed by atoms with van der Waals surface area (Å²) in [6, 6.07) is 13.3. The molecule has 32 heavy (non-hydrogen) atoms. The van der Waals surface area contributed by atoms with Crippen LogP contribution in [0, 0.1) is 0 Å². The lowest BCUT2D eigenvalue weighted by atomic mass is 9.92. The van der Waals surface area contributed by atoms with Gasteiger partial charge in [-0.25, -0.2) is 0 Å². The minimum atomic E-state index is -1.11. The van der Waals surface area contributed by atoms with Gasteiger partial charge in [0.05, 0.1) is 12.8 Å². The molecule has 7 heteroatoms. The number of benzene rings is 1. The van der Waals surface area contributed by atoms with Gasteiger partial charge < -0.3 is 9.73 Å². The molecule has 1 fully saturated rings. The number of rotatable bonds is 5. The average Bonchev–Trinajstić information content (AvgIpc) is 3.55. The Balaban J connectivity index is 1.61. The molecule has 1 saturated carbocycles. The van der Waals surface area contributed by atoms with Crippen LogP contribution < -0.4 is 10.2 Å². The Hall–Kier alpha value is -3.35. The van der Waals surface area contributed by atoms with Crippen LogP contribution in [0.5, 0.6) is 0 Å². The van der Waals surface area contributed by atoms with Crippen molar-refractivity contribution in [2.75, 3.05) is 4.90 Å². The van der Waals surface area contributed by atoms with Gasteiger partial charge in [0.1, 0.15) is 16.9 Å². The largest absolute Gasteiger partial charge is 0.463 e. The summed E-state index contributed by atoms with van der Waals surface area (Å²) in [5.41, 5.74) is 1.73. The van der Waals surface area contributed by atoms with Gasteiger partial charge in [0.2, 0.25) is 5.91 Å². The van der Waals surface area contributed by atoms with Crippen LogP contribution in [0.25, 0.3) is 11.5 Å². The zero-order chi connectivity index (χ0) is 22.3. The summed E-state index contributed by atoms with van der Waals surface area (Å²) in [6.07, 6.45) is 6.56. The highest BCUT2D eigenvalue weighted by atomic mass is 16.3. The Labute approximate surface area is 187 Å². The van der Waals surface area contributed by atoms with Crippen molar-refractivity contribution in [2.24, 2.45) is 0 Å². The highest BCUT2D eigenvalue weighted by Gasteiger charge is 2.49. The van der Waals surface area contributed by atoms with E-state index in [9.17, 15) is 9.59 Å². The topological polar surface area (TPSA) is 80.4 Å². The summed E-state index contributed by atoms with van der Waals surface area (Å²) in [7, 11) is 0. The van der Waals surface area contributed by atoms with Crippen molar-refractivity contribution in [3.8, 4) is 11.5 Å². The maximum atomic E-state index is 13.9. The van der Waals surface area contributed by atoms with Gasteiger partial charge in [-0.3, -0.25) is 19.2 Å². The number of amides is 2. The van der Waals surface area contributed by atoms with Crippen LogP contribution in [0.4, 0.5) is 5.69 Å². The lowest BCUT2D eigenvalue weighted by Crippen LogP contribution is -2.65. The zero-order valence-corrected chi connectivity index (χ0v) is 18.5. The molecule has 2 aliphatic rings. The Bertz CT molecular complexity index is 1140. The van der Waals surface area contributed by atoms with Gasteiger partial charge in [-0.2, -0.15) is 5.10 Å². The van der Waals surface area contributed by atoms with Crippen molar-refractivity contribution >= 4 is 17.5 Å². The predicted octanol–water partition coefficient (Wildman–Crippen LogP) is 4.18. The van der Waals surface area contributed by atoms with Gasteiger partial charge in [-0.15, -0.1) is 0 Å². The van der Waals surface area contributed by atoms with Gasteiger partial charge in [-0.1, -0.05) is 38.0 Å². The van der Waals surface area contributed by atoms with E-state index < -0.39 is 5.54 Å². The van der Waals surface area contributed by atoms with E-state index in [1.807, 2.05) is 37.3 Å². The number of furan rings is 1. The van der Waals surface area contributed by atoms with Crippen molar-refractivity contribution in [1.82, 2.24) is 15.1 Å². The van der Waals surface area contributed by atoms with Crippen molar-refractivity contribution < 1.29 is 14.0 Å². The molecule has 1 aromatic carbocycles. The van der Waals surface area contributed by atoms with Gasteiger partial charge in [0.25, 0.3) is 5.91 Å². The van der Waals surface area contributed by atoms with E-state index in [-0.39, 0.29) is 24.4 Å². The molecule has 1 aliphatic heterocycles. The number of carbonyl (C=O) groups excluding carboxylic acids is 2. The molecular weight excluding hydrogens is 404 g/mol. The summed E-state index contributed by atoms with van der Waals surface area (Å²) in [4.78, 5) is 29.2. The smallest absolute Gasteiger partial charge is 0.277 e. The third-order valence-electron chi connectivity index (χ3n) is 6.72. The van der Waals surface area contributed by atoms with Crippen molar-refractivity contribution in [1.29, 1.82) is 0 Å². The molecule has 2 aromatic heterocycles. The standard InChI is InChI=1S/C25H28N4O3/c1-3-17-9-4-7-12-20(17)29-23(30)21-15-19(22-13-8-14-32-22)27-28(21)16-25(29,2)24(31)26-18-10-5-6-11-18/h4,7-9,12-15,18H,3,5-6,10-11,16H2,1-2H3,(H,26,31)/t25-/m1/s1. The zero-order valence-electron chi connectivity index (χ0n) is 18.5. The summed E-state index contributed by atoms with van der Waals surface area (Å²) in [5.74, 6) is 0.230. The third kappa shape index (κ3) is 3.32. The first-order chi connectivity index (χ1) is 15.5. The average molecular weight is 433 g/mol. The minimum Gasteiger partial charge on any atom is -0.463 e. The van der Waals surface area contributed by atoms with Crippen LogP contribution in [0.2, 0.25) is 0 Å². The fraction of sp³-hybridized carbons (Fsp3) is 0.400. The maximum absolute atomic E-state index is 13.9. The van der Waals surface area contributed by atoms with E-state index in [4.69, 9.17) is 4.42 Å². The summed E-state index contributed by atoms with van der Waals surface area (Å²) in [5, 5.41) is 7.84. The molecule has 0 bridgehead atoms. The van der Waals surface area contributed by atoms with Gasteiger partial charge in [-0.05, 0) is 49.9 Å². The molecule has 2 amide bonds. The van der Waals surface area contributed by atoms with Crippen LogP contribution in [0.1, 0.15) is 55.6 Å². The monoisotopic (exact) mass is 432 g/mol. The molecular formula is C25H28N4O3. The van der Waals surface area contributed by atoms with Gasteiger partial charge >= 0.3 is 0 Å². The maximum Gasteiger partial charge on any atom is 0.277 e. The predicted molar refractivity (Wildman–Crippen MR) is 121 cm³/mol. The van der Waals surface area contributed by atoms with E-state index >= 15 is 0 Å². The van der Waals surface area contributed by atoms with Crippen LogP contribution in [-0.4, -0.2) is 33.2 Å². The first kappa shape index (κ1) is 20.5. The number of hydrogen-bond acceptors (Lipinski definition) is 4. The molecule has 166 valence electrons. The highest BCUT2D eigenvalue weighted by molar-refractivity contribution is 6.12. The van der Waals surface area contributed by atoms with Crippen LogP contribution >= 0.6 is 0 Å². The lowest BCUT2D eigenvalue weighted by Gasteiger charge is -2.44. The molecule has 0 radical (unpaired) electrons. The van der Waals surface area contributed by atoms with Crippen LogP contribution in [0.15, 0.2) is 53.1 Å². The number of fused-ring (bicyclic) bond motifs is 1. The molecule has 0 unspecified atom stereocenters. The first-order valence-electron chi connectivity index (χ1n) is 11.4. The quantitative estimate of drug-likeness (QED) is 0.656.